The molecule has 0 unspecified atom stereocenters. The van der Waals surface area contributed by atoms with Gasteiger partial charge in [-0.05, 0) is 55.4 Å². The average Bonchev–Trinajstić information content (AvgIpc) is 3.14. The minimum absolute atomic E-state index is 0.0875. The van der Waals surface area contributed by atoms with Crippen molar-refractivity contribution in [3.63, 3.8) is 0 Å². The summed E-state index contributed by atoms with van der Waals surface area (Å²) in [5.41, 5.74) is 4.38. The van der Waals surface area contributed by atoms with Crippen molar-refractivity contribution < 1.29 is 19.0 Å². The molecule has 1 atom stereocenters. The van der Waals surface area contributed by atoms with Crippen molar-refractivity contribution in [2.45, 2.75) is 58.3 Å². The Balaban J connectivity index is 1.68. The van der Waals surface area contributed by atoms with E-state index in [1.807, 2.05) is 6.92 Å². The number of hydrogen-bond donors (Lipinski definition) is 1. The average molecular weight is 421 g/mol. The zero-order valence-electron chi connectivity index (χ0n) is 17.4. The summed E-state index contributed by atoms with van der Waals surface area (Å²) in [6.07, 6.45) is 2.77. The maximum Gasteiger partial charge on any atom is 0.521 e. The molecule has 3 aliphatic rings. The minimum Gasteiger partial charge on any atom is -0.370 e. The Morgan fingerprint density at radius 3 is 2.81 bits per heavy atom. The topological polar surface area (TPSA) is 85.8 Å². The molecule has 4 heterocycles. The third-order valence-corrected chi connectivity index (χ3v) is 7.29. The Morgan fingerprint density at radius 2 is 2.03 bits per heavy atom. The van der Waals surface area contributed by atoms with Crippen LogP contribution in [0.1, 0.15) is 53.1 Å². The highest BCUT2D eigenvalue weighted by molar-refractivity contribution is 5.92. The van der Waals surface area contributed by atoms with E-state index in [0.29, 0.717) is 40.1 Å². The van der Waals surface area contributed by atoms with Crippen LogP contribution >= 0.6 is 0 Å². The highest BCUT2D eigenvalue weighted by Crippen LogP contribution is 2.43. The third kappa shape index (κ3) is 2.22. The zero-order valence-corrected chi connectivity index (χ0v) is 17.4. The van der Waals surface area contributed by atoms with E-state index in [9.17, 15) is 19.1 Å². The molecule has 2 aliphatic heterocycles. The number of aryl methyl sites for hydroxylation is 2. The van der Waals surface area contributed by atoms with Gasteiger partial charge in [-0.3, -0.25) is 4.79 Å². The summed E-state index contributed by atoms with van der Waals surface area (Å²) >= 11 is 0. The maximum atomic E-state index is 14.6. The standard InChI is InChI=1S/C24H21FN2O4/c1-3-24(30)16-7-19-21-14(9-27(19)22(28)15(16)10-31-23(24)29)13-6-4-5-12-11(2)17(25)8-18(26-21)20(12)13/h7-8,30H,3-6,9-10H2,1-2H3/p+1/t24-/m0/s1. The van der Waals surface area contributed by atoms with Crippen LogP contribution in [-0.2, 0) is 36.3 Å². The molecule has 6 rings (SSSR count). The van der Waals surface area contributed by atoms with Gasteiger partial charge in [-0.2, -0.15) is 0 Å². The van der Waals surface area contributed by atoms with Gasteiger partial charge in [0.25, 0.3) is 5.56 Å². The van der Waals surface area contributed by atoms with Crippen LogP contribution in [0.15, 0.2) is 16.9 Å². The summed E-state index contributed by atoms with van der Waals surface area (Å²) in [4.78, 5) is 28.4. The van der Waals surface area contributed by atoms with E-state index >= 15 is 0 Å². The Hall–Kier alpha value is -3.06. The lowest BCUT2D eigenvalue weighted by Gasteiger charge is -2.26. The number of cyclic esters (lactones) is 1. The summed E-state index contributed by atoms with van der Waals surface area (Å²) < 4.78 is 21.5. The third-order valence-electron chi connectivity index (χ3n) is 7.29. The second-order valence-corrected chi connectivity index (χ2v) is 8.75. The number of fused-ring (bicyclic) bond motifs is 5. The number of halogens is 1. The predicted molar refractivity (Wildman–Crippen MR) is 113 cm³/mol. The molecule has 0 radical (unpaired) electrons. The number of aliphatic hydroxyl groups is 1. The number of esters is 1. The largest absolute Gasteiger partial charge is 0.521 e. The van der Waals surface area contributed by atoms with E-state index in [1.54, 1.807) is 17.6 Å². The lowest BCUT2D eigenvalue weighted by atomic mass is 9.84. The number of hydrogen-bond acceptors (Lipinski definition) is 4. The Bertz CT molecular complexity index is 1410. The molecule has 2 N–H and O–H groups in total. The quantitative estimate of drug-likeness (QED) is 0.378. The first-order valence-electron chi connectivity index (χ1n) is 10.7. The van der Waals surface area contributed by atoms with Crippen LogP contribution in [-0.4, -0.2) is 25.4 Å². The van der Waals surface area contributed by atoms with Crippen LogP contribution in [0, 0.1) is 12.7 Å². The fourth-order valence-corrected chi connectivity index (χ4v) is 5.53. The summed E-state index contributed by atoms with van der Waals surface area (Å²) in [6.45, 7) is 3.84. The number of nitrogens with zero attached hydrogens (tertiary/aromatic N) is 2. The molecular formula is C24H22FN2O4+. The van der Waals surface area contributed by atoms with Gasteiger partial charge in [0.05, 0.1) is 29.0 Å². The number of aromatic nitrogens is 2. The van der Waals surface area contributed by atoms with Crippen molar-refractivity contribution in [3.8, 4) is 11.4 Å². The molecule has 0 spiro atoms. The van der Waals surface area contributed by atoms with Gasteiger partial charge in [0.1, 0.15) is 5.82 Å². The second-order valence-electron chi connectivity index (χ2n) is 8.75. The van der Waals surface area contributed by atoms with Gasteiger partial charge >= 0.3 is 5.97 Å². The lowest BCUT2D eigenvalue weighted by Crippen LogP contribution is -2.44. The van der Waals surface area contributed by atoms with E-state index in [4.69, 9.17) is 9.72 Å². The Labute approximate surface area is 177 Å². The van der Waals surface area contributed by atoms with Gasteiger partial charge in [0, 0.05) is 22.6 Å². The van der Waals surface area contributed by atoms with Crippen molar-refractivity contribution in [2.24, 2.45) is 0 Å². The summed E-state index contributed by atoms with van der Waals surface area (Å²) in [5, 5.41) is 12.1. The van der Waals surface area contributed by atoms with Crippen LogP contribution in [0.3, 0.4) is 0 Å². The molecule has 0 amide bonds. The van der Waals surface area contributed by atoms with E-state index in [0.717, 1.165) is 41.3 Å². The SMILES string of the molecule is CC[C@@]1(O)C(=[OH+])OCc2c1cc1n(c2=O)Cc2c-1nc1cc(F)c(C)c3c1c2CCC3. The number of carbonyl (C=O) groups excluding carboxylic acids is 1. The van der Waals surface area contributed by atoms with Gasteiger partial charge in [-0.15, -0.1) is 0 Å². The molecule has 0 fully saturated rings. The fourth-order valence-electron chi connectivity index (χ4n) is 5.53. The Morgan fingerprint density at radius 1 is 1.26 bits per heavy atom. The molecule has 0 bridgehead atoms. The smallest absolute Gasteiger partial charge is 0.370 e. The van der Waals surface area contributed by atoms with Crippen LogP contribution in [0.2, 0.25) is 0 Å². The molecule has 7 heteroatoms. The van der Waals surface area contributed by atoms with Crippen molar-refractivity contribution in [2.75, 3.05) is 0 Å². The maximum absolute atomic E-state index is 14.6. The molecule has 3 aromatic rings. The molecule has 2 aromatic heterocycles. The van der Waals surface area contributed by atoms with Crippen LogP contribution in [0.5, 0.6) is 0 Å². The molecule has 158 valence electrons. The first kappa shape index (κ1) is 18.7. The normalized spacial score (nSPS) is 21.0. The highest BCUT2D eigenvalue weighted by atomic mass is 19.1. The van der Waals surface area contributed by atoms with E-state index < -0.39 is 11.6 Å². The van der Waals surface area contributed by atoms with Gasteiger partial charge in [-0.1, -0.05) is 6.92 Å². The second kappa shape index (κ2) is 6.01. The zero-order chi connectivity index (χ0) is 21.7. The molecule has 0 saturated carbocycles. The summed E-state index contributed by atoms with van der Waals surface area (Å²) in [7, 11) is 0. The molecule has 6 nitrogen and oxygen atoms in total. The van der Waals surface area contributed by atoms with Crippen LogP contribution in [0.4, 0.5) is 4.39 Å². The predicted octanol–water partition coefficient (Wildman–Crippen LogP) is 2.99. The molecule has 31 heavy (non-hydrogen) atoms. The van der Waals surface area contributed by atoms with Gasteiger partial charge in [0.15, 0.2) is 0 Å². The van der Waals surface area contributed by atoms with Gasteiger partial charge in [0.2, 0.25) is 12.2 Å². The molecule has 1 aromatic carbocycles. The molecule has 1 aliphatic carbocycles. The van der Waals surface area contributed by atoms with Crippen molar-refractivity contribution in [1.29, 1.82) is 0 Å². The highest BCUT2D eigenvalue weighted by Gasteiger charge is 2.51. The van der Waals surface area contributed by atoms with Gasteiger partial charge in [-0.25, -0.2) is 9.37 Å². The van der Waals surface area contributed by atoms with E-state index in [-0.39, 0.29) is 24.4 Å². The molecule has 0 saturated heterocycles. The van der Waals surface area contributed by atoms with Crippen LogP contribution < -0.4 is 5.56 Å². The van der Waals surface area contributed by atoms with Crippen molar-refractivity contribution >= 4 is 16.9 Å². The van der Waals surface area contributed by atoms with E-state index in [2.05, 4.69) is 0 Å². The monoisotopic (exact) mass is 421 g/mol. The molecular weight excluding hydrogens is 399 g/mol. The van der Waals surface area contributed by atoms with E-state index in [1.165, 1.54) is 6.07 Å². The number of benzene rings is 1. The number of ether oxygens (including phenoxy) is 1. The summed E-state index contributed by atoms with van der Waals surface area (Å²) in [6, 6.07) is 3.23. The van der Waals surface area contributed by atoms with Gasteiger partial charge < -0.3 is 19.2 Å². The first-order valence-corrected chi connectivity index (χ1v) is 10.7. The fraction of sp³-hybridized carbons (Fsp3) is 0.375. The number of rotatable bonds is 1. The van der Waals surface area contributed by atoms with Crippen LogP contribution in [0.25, 0.3) is 22.3 Å². The number of pyridine rings is 2. The Kier molecular flexibility index (Phi) is 3.62. The first-order chi connectivity index (χ1) is 14.8. The van der Waals surface area contributed by atoms with Crippen molar-refractivity contribution in [3.05, 3.63) is 61.7 Å². The lowest BCUT2D eigenvalue weighted by molar-refractivity contribution is 0.0397. The minimum atomic E-state index is -1.74. The summed E-state index contributed by atoms with van der Waals surface area (Å²) in [5.74, 6) is -0.755. The van der Waals surface area contributed by atoms with Crippen molar-refractivity contribution in [1.82, 2.24) is 9.55 Å².